The SMILES string of the molecule is Cc1cccc(NC(=O)[C@H](C)OC(=O)c2ccccc2Nc2cccc(C)c2C)c1. The third kappa shape index (κ3) is 5.06. The number of para-hydroxylation sites is 1. The van der Waals surface area contributed by atoms with E-state index in [0.717, 1.165) is 22.4 Å². The van der Waals surface area contributed by atoms with Gasteiger partial charge in [-0.25, -0.2) is 4.79 Å². The third-order valence-corrected chi connectivity index (χ3v) is 4.96. The van der Waals surface area contributed by atoms with Crippen molar-refractivity contribution in [3.05, 3.63) is 89.0 Å². The second-order valence-electron chi connectivity index (χ2n) is 7.32. The zero-order valence-electron chi connectivity index (χ0n) is 17.7. The number of carbonyl (C=O) groups is 2. The molecule has 3 aromatic rings. The van der Waals surface area contributed by atoms with Gasteiger partial charge >= 0.3 is 5.97 Å². The molecule has 0 heterocycles. The number of nitrogens with one attached hydrogen (secondary N) is 2. The topological polar surface area (TPSA) is 67.4 Å². The van der Waals surface area contributed by atoms with Gasteiger partial charge in [-0.1, -0.05) is 36.4 Å². The van der Waals surface area contributed by atoms with Crippen molar-refractivity contribution in [2.75, 3.05) is 10.6 Å². The summed E-state index contributed by atoms with van der Waals surface area (Å²) in [7, 11) is 0. The van der Waals surface area contributed by atoms with Crippen LogP contribution >= 0.6 is 0 Å². The fraction of sp³-hybridized carbons (Fsp3) is 0.200. The minimum Gasteiger partial charge on any atom is -0.449 e. The molecule has 0 unspecified atom stereocenters. The van der Waals surface area contributed by atoms with Crippen LogP contribution < -0.4 is 10.6 Å². The van der Waals surface area contributed by atoms with Crippen LogP contribution in [0.25, 0.3) is 0 Å². The first-order valence-corrected chi connectivity index (χ1v) is 9.86. The molecule has 3 rings (SSSR count). The van der Waals surface area contributed by atoms with Crippen LogP contribution in [0.5, 0.6) is 0 Å². The Labute approximate surface area is 177 Å². The highest BCUT2D eigenvalue weighted by atomic mass is 16.5. The molecule has 0 fully saturated rings. The first kappa shape index (κ1) is 21.1. The highest BCUT2D eigenvalue weighted by molar-refractivity contribution is 6.00. The van der Waals surface area contributed by atoms with Gasteiger partial charge in [0.15, 0.2) is 6.10 Å². The molecule has 0 aliphatic heterocycles. The molecule has 30 heavy (non-hydrogen) atoms. The molecular weight excluding hydrogens is 376 g/mol. The number of anilines is 3. The number of hydrogen-bond acceptors (Lipinski definition) is 4. The van der Waals surface area contributed by atoms with Crippen molar-refractivity contribution in [1.82, 2.24) is 0 Å². The molecule has 0 bridgehead atoms. The summed E-state index contributed by atoms with van der Waals surface area (Å²) in [6.07, 6.45) is -0.938. The summed E-state index contributed by atoms with van der Waals surface area (Å²) in [5.41, 5.74) is 5.87. The van der Waals surface area contributed by atoms with Crippen molar-refractivity contribution in [2.24, 2.45) is 0 Å². The van der Waals surface area contributed by atoms with Gasteiger partial charge in [0, 0.05) is 11.4 Å². The molecule has 154 valence electrons. The Morgan fingerprint density at radius 3 is 2.33 bits per heavy atom. The average molecular weight is 402 g/mol. The summed E-state index contributed by atoms with van der Waals surface area (Å²) in [5.74, 6) is -0.941. The summed E-state index contributed by atoms with van der Waals surface area (Å²) in [6.45, 7) is 7.56. The average Bonchev–Trinajstić information content (AvgIpc) is 2.71. The zero-order valence-corrected chi connectivity index (χ0v) is 17.7. The van der Waals surface area contributed by atoms with Crippen LogP contribution in [0, 0.1) is 20.8 Å². The van der Waals surface area contributed by atoms with Gasteiger partial charge in [0.1, 0.15) is 0 Å². The standard InChI is InChI=1S/C25H26N2O3/c1-16-9-7-11-20(15-16)26-24(28)19(4)30-25(29)21-12-5-6-13-23(21)27-22-14-8-10-17(2)18(22)3/h5-15,19,27H,1-4H3,(H,26,28)/t19-/m0/s1. The summed E-state index contributed by atoms with van der Waals surface area (Å²) in [4.78, 5) is 25.2. The Morgan fingerprint density at radius 1 is 0.867 bits per heavy atom. The molecule has 1 amide bonds. The quantitative estimate of drug-likeness (QED) is 0.531. The Morgan fingerprint density at radius 2 is 1.57 bits per heavy atom. The Bertz CT molecular complexity index is 1080. The van der Waals surface area contributed by atoms with Crippen molar-refractivity contribution < 1.29 is 14.3 Å². The van der Waals surface area contributed by atoms with E-state index in [0.29, 0.717) is 16.9 Å². The van der Waals surface area contributed by atoms with E-state index in [1.165, 1.54) is 0 Å². The van der Waals surface area contributed by atoms with Gasteiger partial charge in [-0.2, -0.15) is 0 Å². The lowest BCUT2D eigenvalue weighted by atomic mass is 10.1. The minimum absolute atomic E-state index is 0.369. The predicted octanol–water partition coefficient (Wildman–Crippen LogP) is 5.54. The first-order chi connectivity index (χ1) is 14.3. The van der Waals surface area contributed by atoms with Crippen LogP contribution in [0.4, 0.5) is 17.1 Å². The number of carbonyl (C=O) groups excluding carboxylic acids is 2. The monoisotopic (exact) mass is 402 g/mol. The molecule has 0 radical (unpaired) electrons. The predicted molar refractivity (Wildman–Crippen MR) is 120 cm³/mol. The molecule has 0 saturated heterocycles. The van der Waals surface area contributed by atoms with Crippen molar-refractivity contribution in [3.8, 4) is 0 Å². The van der Waals surface area contributed by atoms with Crippen molar-refractivity contribution in [3.63, 3.8) is 0 Å². The van der Waals surface area contributed by atoms with E-state index < -0.39 is 12.1 Å². The number of amides is 1. The number of rotatable bonds is 6. The summed E-state index contributed by atoms with van der Waals surface area (Å²) < 4.78 is 5.44. The van der Waals surface area contributed by atoms with Crippen molar-refractivity contribution >= 4 is 28.9 Å². The lowest BCUT2D eigenvalue weighted by Crippen LogP contribution is -2.30. The molecule has 5 nitrogen and oxygen atoms in total. The van der Waals surface area contributed by atoms with E-state index >= 15 is 0 Å². The third-order valence-electron chi connectivity index (χ3n) is 4.96. The maximum atomic E-state index is 12.8. The highest BCUT2D eigenvalue weighted by Gasteiger charge is 2.21. The number of hydrogen-bond donors (Lipinski definition) is 2. The van der Waals surface area contributed by atoms with Gasteiger partial charge in [0.05, 0.1) is 11.3 Å². The van der Waals surface area contributed by atoms with Crippen LogP contribution in [0.1, 0.15) is 34.0 Å². The van der Waals surface area contributed by atoms with Crippen LogP contribution in [0.2, 0.25) is 0 Å². The van der Waals surface area contributed by atoms with Crippen molar-refractivity contribution in [2.45, 2.75) is 33.8 Å². The molecule has 0 saturated carbocycles. The van der Waals surface area contributed by atoms with Gasteiger partial charge in [-0.05, 0) is 74.7 Å². The van der Waals surface area contributed by atoms with Crippen molar-refractivity contribution in [1.29, 1.82) is 0 Å². The molecule has 0 aliphatic rings. The Balaban J connectivity index is 1.72. The second kappa shape index (κ2) is 9.27. The van der Waals surface area contributed by atoms with E-state index in [1.807, 2.05) is 69.3 Å². The van der Waals surface area contributed by atoms with Gasteiger partial charge in [-0.3, -0.25) is 4.79 Å². The lowest BCUT2D eigenvalue weighted by Gasteiger charge is -2.17. The van der Waals surface area contributed by atoms with E-state index in [2.05, 4.69) is 10.6 Å². The summed E-state index contributed by atoms with van der Waals surface area (Å²) in [5, 5.41) is 6.09. The van der Waals surface area contributed by atoms with Crippen LogP contribution in [-0.4, -0.2) is 18.0 Å². The Kier molecular flexibility index (Phi) is 6.52. The number of esters is 1. The zero-order chi connectivity index (χ0) is 21.7. The molecule has 3 aromatic carbocycles. The van der Waals surface area contributed by atoms with E-state index in [9.17, 15) is 9.59 Å². The molecule has 2 N–H and O–H groups in total. The van der Waals surface area contributed by atoms with E-state index in [1.54, 1.807) is 25.1 Å². The number of aryl methyl sites for hydroxylation is 2. The van der Waals surface area contributed by atoms with E-state index in [-0.39, 0.29) is 5.91 Å². The smallest absolute Gasteiger partial charge is 0.341 e. The van der Waals surface area contributed by atoms with Crippen LogP contribution in [0.3, 0.4) is 0 Å². The van der Waals surface area contributed by atoms with Gasteiger partial charge in [0.2, 0.25) is 0 Å². The highest BCUT2D eigenvalue weighted by Crippen LogP contribution is 2.26. The fourth-order valence-electron chi connectivity index (χ4n) is 3.05. The molecule has 5 heteroatoms. The maximum Gasteiger partial charge on any atom is 0.341 e. The van der Waals surface area contributed by atoms with Gasteiger partial charge in [0.25, 0.3) is 5.91 Å². The normalized spacial score (nSPS) is 11.5. The Hall–Kier alpha value is -3.60. The maximum absolute atomic E-state index is 12.8. The van der Waals surface area contributed by atoms with Gasteiger partial charge < -0.3 is 15.4 Å². The molecule has 0 aliphatic carbocycles. The minimum atomic E-state index is -0.938. The second-order valence-corrected chi connectivity index (χ2v) is 7.32. The van der Waals surface area contributed by atoms with E-state index in [4.69, 9.17) is 4.74 Å². The molecule has 0 aromatic heterocycles. The summed E-state index contributed by atoms with van der Waals surface area (Å²) in [6, 6.07) is 20.5. The summed E-state index contributed by atoms with van der Waals surface area (Å²) >= 11 is 0. The first-order valence-electron chi connectivity index (χ1n) is 9.86. The van der Waals surface area contributed by atoms with Gasteiger partial charge in [-0.15, -0.1) is 0 Å². The van der Waals surface area contributed by atoms with Crippen LogP contribution in [-0.2, 0) is 9.53 Å². The molecular formula is C25H26N2O3. The molecule has 1 atom stereocenters. The largest absolute Gasteiger partial charge is 0.449 e. The van der Waals surface area contributed by atoms with Crippen LogP contribution in [0.15, 0.2) is 66.7 Å². The number of benzene rings is 3. The fourth-order valence-corrected chi connectivity index (χ4v) is 3.05. The lowest BCUT2D eigenvalue weighted by molar-refractivity contribution is -0.123. The number of ether oxygens (including phenoxy) is 1. The molecule has 0 spiro atoms.